The van der Waals surface area contributed by atoms with Crippen LogP contribution in [0.25, 0.3) is 0 Å². The summed E-state index contributed by atoms with van der Waals surface area (Å²) in [5.41, 5.74) is 0.790. The molecule has 1 amide bonds. The van der Waals surface area contributed by atoms with Crippen molar-refractivity contribution in [3.05, 3.63) is 83.3 Å². The van der Waals surface area contributed by atoms with Crippen molar-refractivity contribution in [1.29, 1.82) is 0 Å². The number of aryl methyl sites for hydroxylation is 1. The number of benzene rings is 2. The van der Waals surface area contributed by atoms with Gasteiger partial charge in [0.1, 0.15) is 34.7 Å². The monoisotopic (exact) mass is 368 g/mol. The van der Waals surface area contributed by atoms with E-state index in [0.29, 0.717) is 12.4 Å². The molecule has 1 N–H and O–H groups in total. The van der Waals surface area contributed by atoms with Crippen molar-refractivity contribution in [2.45, 2.75) is 13.5 Å². The highest BCUT2D eigenvalue weighted by molar-refractivity contribution is 5.93. The van der Waals surface area contributed by atoms with Crippen molar-refractivity contribution in [3.8, 4) is 0 Å². The Hall–Kier alpha value is -3.35. The second-order valence-electron chi connectivity index (χ2n) is 6.05. The van der Waals surface area contributed by atoms with Crippen LogP contribution in [0, 0.1) is 18.6 Å². The molecule has 1 heterocycles. The third kappa shape index (κ3) is 4.44. The van der Waals surface area contributed by atoms with Crippen molar-refractivity contribution in [3.63, 3.8) is 0 Å². The van der Waals surface area contributed by atoms with Gasteiger partial charge in [-0.1, -0.05) is 36.4 Å². The molecule has 0 atom stereocenters. The number of nitrogens with one attached hydrogen (secondary N) is 1. The molecule has 0 fully saturated rings. The molecule has 0 saturated carbocycles. The van der Waals surface area contributed by atoms with E-state index in [-0.39, 0.29) is 23.1 Å². The van der Waals surface area contributed by atoms with Gasteiger partial charge < -0.3 is 10.2 Å². The predicted octanol–water partition coefficient (Wildman–Crippen LogP) is 4.08. The van der Waals surface area contributed by atoms with Crippen molar-refractivity contribution in [2.24, 2.45) is 0 Å². The number of aromatic nitrogens is 2. The number of nitrogens with zero attached hydrogens (tertiary/aromatic N) is 3. The number of carbonyl (C=O) groups is 1. The van der Waals surface area contributed by atoms with Gasteiger partial charge >= 0.3 is 0 Å². The highest BCUT2D eigenvalue weighted by Gasteiger charge is 2.17. The molecule has 3 rings (SSSR count). The first-order chi connectivity index (χ1) is 12.9. The van der Waals surface area contributed by atoms with E-state index in [1.165, 1.54) is 17.0 Å². The lowest BCUT2D eigenvalue weighted by Gasteiger charge is -2.17. The molecule has 7 heteroatoms. The molecule has 1 aromatic heterocycles. The van der Waals surface area contributed by atoms with E-state index in [0.717, 1.165) is 17.7 Å². The van der Waals surface area contributed by atoms with Gasteiger partial charge in [-0.15, -0.1) is 0 Å². The molecule has 3 aromatic rings. The fourth-order valence-electron chi connectivity index (χ4n) is 2.61. The molecule has 0 aliphatic carbocycles. The quantitative estimate of drug-likeness (QED) is 0.737. The average Bonchev–Trinajstić information content (AvgIpc) is 2.64. The summed E-state index contributed by atoms with van der Waals surface area (Å²) in [5.74, 6) is -1.36. The van der Waals surface area contributed by atoms with Gasteiger partial charge in [-0.05, 0) is 24.6 Å². The van der Waals surface area contributed by atoms with Gasteiger partial charge in [0.25, 0.3) is 5.91 Å². The summed E-state index contributed by atoms with van der Waals surface area (Å²) in [5, 5.41) is 2.59. The van der Waals surface area contributed by atoms with Gasteiger partial charge in [0.15, 0.2) is 0 Å². The van der Waals surface area contributed by atoms with Crippen LogP contribution in [0.15, 0.2) is 54.6 Å². The number of rotatable bonds is 5. The Morgan fingerprint density at radius 3 is 2.37 bits per heavy atom. The van der Waals surface area contributed by atoms with Crippen molar-refractivity contribution >= 4 is 17.4 Å². The molecule has 0 unspecified atom stereocenters. The molecule has 5 nitrogen and oxygen atoms in total. The summed E-state index contributed by atoms with van der Waals surface area (Å²) in [4.78, 5) is 22.5. The number of amides is 1. The molecule has 2 aromatic carbocycles. The van der Waals surface area contributed by atoms with Crippen LogP contribution in [0.5, 0.6) is 0 Å². The number of anilines is 2. The fourth-order valence-corrected chi connectivity index (χ4v) is 2.61. The van der Waals surface area contributed by atoms with E-state index < -0.39 is 11.6 Å². The molecule has 0 aliphatic heterocycles. The zero-order valence-electron chi connectivity index (χ0n) is 14.9. The summed E-state index contributed by atoms with van der Waals surface area (Å²) in [6.07, 6.45) is 0. The van der Waals surface area contributed by atoms with Crippen LogP contribution in [0.4, 0.5) is 20.3 Å². The summed E-state index contributed by atoms with van der Waals surface area (Å²) in [7, 11) is 1.66. The highest BCUT2D eigenvalue weighted by atomic mass is 19.1. The molecule has 27 heavy (non-hydrogen) atoms. The zero-order chi connectivity index (χ0) is 19.4. The van der Waals surface area contributed by atoms with Gasteiger partial charge in [0.05, 0.1) is 0 Å². The summed E-state index contributed by atoms with van der Waals surface area (Å²) in [6.45, 7) is 2.02. The number of carbonyl (C=O) groups excluding carboxylic acids is 1. The lowest BCUT2D eigenvalue weighted by molar-refractivity contribution is 0.0779. The Balaban J connectivity index is 1.83. The topological polar surface area (TPSA) is 58.1 Å². The van der Waals surface area contributed by atoms with Crippen LogP contribution in [-0.4, -0.2) is 27.8 Å². The van der Waals surface area contributed by atoms with E-state index in [4.69, 9.17) is 0 Å². The molecule has 0 radical (unpaired) electrons. The second-order valence-corrected chi connectivity index (χ2v) is 6.05. The molecule has 0 spiro atoms. The largest absolute Gasteiger partial charge is 0.336 e. The predicted molar refractivity (Wildman–Crippen MR) is 98.6 cm³/mol. The first-order valence-electron chi connectivity index (χ1n) is 8.30. The minimum Gasteiger partial charge on any atom is -0.336 e. The van der Waals surface area contributed by atoms with Crippen LogP contribution >= 0.6 is 0 Å². The maximum atomic E-state index is 13.8. The van der Waals surface area contributed by atoms with Crippen molar-refractivity contribution in [1.82, 2.24) is 14.9 Å². The third-order valence-corrected chi connectivity index (χ3v) is 3.88. The average molecular weight is 368 g/mol. The minimum atomic E-state index is -0.750. The molecule has 0 saturated heterocycles. The number of halogens is 2. The standard InChI is InChI=1S/C20H18F2N4O/c1-13-23-17(20(27)26(2)12-14-7-4-3-5-8-14)11-18(24-13)25-19-15(21)9-6-10-16(19)22/h3-11H,12H2,1-2H3,(H,23,24,25). The first-order valence-corrected chi connectivity index (χ1v) is 8.30. The zero-order valence-corrected chi connectivity index (χ0v) is 14.9. The summed E-state index contributed by atoms with van der Waals surface area (Å²) < 4.78 is 27.7. The first kappa shape index (κ1) is 18.4. The lowest BCUT2D eigenvalue weighted by Crippen LogP contribution is -2.27. The second kappa shape index (κ2) is 7.90. The number of hydrogen-bond acceptors (Lipinski definition) is 4. The smallest absolute Gasteiger partial charge is 0.272 e. The molecule has 0 aliphatic rings. The molecular formula is C20H18F2N4O. The molecule has 0 bridgehead atoms. The SMILES string of the molecule is Cc1nc(Nc2c(F)cccc2F)cc(C(=O)N(C)Cc2ccccc2)n1. The van der Waals surface area contributed by atoms with Crippen LogP contribution in [0.2, 0.25) is 0 Å². The van der Waals surface area contributed by atoms with E-state index in [9.17, 15) is 13.6 Å². The number of hydrogen-bond donors (Lipinski definition) is 1. The Bertz CT molecular complexity index is 943. The Labute approximate surface area is 155 Å². The van der Waals surface area contributed by atoms with Gasteiger partial charge in [0.2, 0.25) is 0 Å². The summed E-state index contributed by atoms with van der Waals surface area (Å²) in [6, 6.07) is 14.5. The van der Waals surface area contributed by atoms with E-state index >= 15 is 0 Å². The van der Waals surface area contributed by atoms with Crippen molar-refractivity contribution in [2.75, 3.05) is 12.4 Å². The van der Waals surface area contributed by atoms with Gasteiger partial charge in [-0.2, -0.15) is 0 Å². The van der Waals surface area contributed by atoms with E-state index in [2.05, 4.69) is 15.3 Å². The number of para-hydroxylation sites is 1. The minimum absolute atomic E-state index is 0.139. The van der Waals surface area contributed by atoms with Crippen LogP contribution in [0.3, 0.4) is 0 Å². The lowest BCUT2D eigenvalue weighted by atomic mass is 10.2. The normalized spacial score (nSPS) is 10.5. The maximum Gasteiger partial charge on any atom is 0.272 e. The molecular weight excluding hydrogens is 350 g/mol. The fraction of sp³-hybridized carbons (Fsp3) is 0.150. The Kier molecular flexibility index (Phi) is 5.40. The Morgan fingerprint density at radius 2 is 1.70 bits per heavy atom. The van der Waals surface area contributed by atoms with E-state index in [1.54, 1.807) is 14.0 Å². The summed E-state index contributed by atoms with van der Waals surface area (Å²) >= 11 is 0. The van der Waals surface area contributed by atoms with Crippen LogP contribution in [-0.2, 0) is 6.54 Å². The van der Waals surface area contributed by atoms with Gasteiger partial charge in [0, 0.05) is 19.7 Å². The highest BCUT2D eigenvalue weighted by Crippen LogP contribution is 2.22. The van der Waals surface area contributed by atoms with Crippen LogP contribution in [0.1, 0.15) is 21.9 Å². The van der Waals surface area contributed by atoms with E-state index in [1.807, 2.05) is 30.3 Å². The third-order valence-electron chi connectivity index (χ3n) is 3.88. The van der Waals surface area contributed by atoms with Crippen LogP contribution < -0.4 is 5.32 Å². The molecule has 138 valence electrons. The van der Waals surface area contributed by atoms with Gasteiger partial charge in [-0.25, -0.2) is 18.7 Å². The Morgan fingerprint density at radius 1 is 1.04 bits per heavy atom. The van der Waals surface area contributed by atoms with Crippen molar-refractivity contribution < 1.29 is 13.6 Å². The van der Waals surface area contributed by atoms with Gasteiger partial charge in [-0.3, -0.25) is 4.79 Å². The maximum absolute atomic E-state index is 13.8.